The van der Waals surface area contributed by atoms with Gasteiger partial charge in [0.1, 0.15) is 93.7 Å². The number of nitrogens with one attached hydrogen (secondary N) is 5. The van der Waals surface area contributed by atoms with E-state index in [0.29, 0.717) is 68.8 Å². The second kappa shape index (κ2) is 134. The van der Waals surface area contributed by atoms with E-state index in [4.69, 9.17) is 89.9 Å². The first kappa shape index (κ1) is 135. The summed E-state index contributed by atoms with van der Waals surface area (Å²) in [7, 11) is 26.5. The van der Waals surface area contributed by atoms with E-state index in [0.717, 1.165) is 30.2 Å². The molecular formula is C69H137N21O12. The van der Waals surface area contributed by atoms with E-state index in [1.165, 1.54) is 47.5 Å². The number of hydrogen-bond donors (Lipinski definition) is 10. The Kier molecular flexibility index (Phi) is 178. The summed E-state index contributed by atoms with van der Waals surface area (Å²) < 4.78 is 46.6. The van der Waals surface area contributed by atoms with Gasteiger partial charge in [-0.25, -0.2) is 10.1 Å². The quantitative estimate of drug-likeness (QED) is 0.0123. The molecule has 1 heterocycles. The highest BCUT2D eigenvalue weighted by atomic mass is 16.7. The van der Waals surface area contributed by atoms with Crippen LogP contribution in [0.5, 0.6) is 0 Å². The van der Waals surface area contributed by atoms with Crippen LogP contribution in [0.3, 0.4) is 0 Å². The van der Waals surface area contributed by atoms with Crippen LogP contribution in [0.15, 0.2) is 187 Å². The molecule has 1 aromatic carbocycles. The van der Waals surface area contributed by atoms with Gasteiger partial charge in [-0.15, -0.1) is 132 Å². The molecular weight excluding hydrogens is 1310 g/mol. The molecule has 1 saturated carbocycles. The van der Waals surface area contributed by atoms with Crippen LogP contribution in [-0.2, 0) is 47.4 Å². The van der Waals surface area contributed by atoms with Gasteiger partial charge in [0.25, 0.3) is 0 Å². The zero-order valence-corrected chi connectivity index (χ0v) is 65.2. The van der Waals surface area contributed by atoms with Crippen molar-refractivity contribution in [3.8, 4) is 12.4 Å². The summed E-state index contributed by atoms with van der Waals surface area (Å²) >= 11 is 0. The lowest BCUT2D eigenvalue weighted by Crippen LogP contribution is -2.25. The van der Waals surface area contributed by atoms with E-state index in [9.17, 15) is 10.1 Å². The zero-order valence-electron chi connectivity index (χ0n) is 65.2. The van der Waals surface area contributed by atoms with Crippen LogP contribution < -0.4 is 28.7 Å². The van der Waals surface area contributed by atoms with Crippen molar-refractivity contribution < 1.29 is 52.4 Å². The molecule has 0 bridgehead atoms. The van der Waals surface area contributed by atoms with Crippen LogP contribution in [-0.4, -0.2) is 270 Å². The first-order valence-electron chi connectivity index (χ1n) is 29.0. The van der Waals surface area contributed by atoms with Gasteiger partial charge < -0.3 is 102 Å². The molecule has 0 radical (unpaired) electrons. The molecule has 15 N–H and O–H groups in total. The van der Waals surface area contributed by atoms with Gasteiger partial charge >= 0.3 is 0 Å². The molecule has 33 heteroatoms. The first-order chi connectivity index (χ1) is 48.7. The lowest BCUT2D eigenvalue weighted by Gasteiger charge is -2.12. The molecule has 33 nitrogen and oxygen atoms in total. The van der Waals surface area contributed by atoms with Crippen LogP contribution in [0.1, 0.15) is 18.4 Å². The lowest BCUT2D eigenvalue weighted by atomic mass is 10.1. The number of hydrogen-bond acceptors (Lipinski definition) is 24. The Morgan fingerprint density at radius 3 is 1.13 bits per heavy atom. The van der Waals surface area contributed by atoms with Crippen LogP contribution >= 0.6 is 0 Å². The fraction of sp³-hybridized carbons (Fsp3) is 0.449. The molecule has 1 aliphatic carbocycles. The number of likely N-dealkylation sites (N-methyl/N-ethyl adjacent to an activating group) is 3. The van der Waals surface area contributed by atoms with Gasteiger partial charge in [0, 0.05) is 126 Å². The number of nitrogens with zero attached hydrogens (tertiary/aromatic N) is 11. The van der Waals surface area contributed by atoms with Crippen molar-refractivity contribution >= 4 is 58.1 Å². The summed E-state index contributed by atoms with van der Waals surface area (Å²) in [5, 5.41) is 62.6. The van der Waals surface area contributed by atoms with Gasteiger partial charge in [-0.3, -0.25) is 26.2 Å². The predicted molar refractivity (Wildman–Crippen MR) is 435 cm³/mol. The van der Waals surface area contributed by atoms with E-state index >= 15 is 0 Å². The molecule has 102 heavy (non-hydrogen) atoms. The monoisotopic (exact) mass is 1450 g/mol. The van der Waals surface area contributed by atoms with Gasteiger partial charge in [-0.05, 0) is 24.3 Å². The van der Waals surface area contributed by atoms with E-state index in [2.05, 4.69) is 185 Å². The van der Waals surface area contributed by atoms with Crippen LogP contribution in [0.25, 0.3) is 0 Å². The number of nitriles is 2. The Balaban J connectivity index is -0.0000000512. The fourth-order valence-corrected chi connectivity index (χ4v) is 4.20. The molecule has 0 spiro atoms. The van der Waals surface area contributed by atoms with Crippen molar-refractivity contribution in [2.45, 2.75) is 12.8 Å². The maximum atomic E-state index is 9.57. The Morgan fingerprint density at radius 1 is 0.539 bits per heavy atom. The van der Waals surface area contributed by atoms with Gasteiger partial charge in [0.15, 0.2) is 10.9 Å². The van der Waals surface area contributed by atoms with Gasteiger partial charge in [-0.1, -0.05) is 30.3 Å². The molecule has 0 amide bonds. The Hall–Kier alpha value is -10.3. The summed E-state index contributed by atoms with van der Waals surface area (Å²) in [6.45, 7) is 65.4. The Labute approximate surface area is 615 Å². The minimum absolute atomic E-state index is 0.0129. The van der Waals surface area contributed by atoms with E-state index < -0.39 is 5.03 Å². The third kappa shape index (κ3) is 150. The minimum atomic E-state index is -0.867. The molecule has 0 unspecified atom stereocenters. The number of amidine groups is 8. The molecule has 590 valence electrons. The highest BCUT2D eigenvalue weighted by molar-refractivity contribution is 5.99. The van der Waals surface area contributed by atoms with Crippen LogP contribution in [0.4, 0.5) is 0 Å². The molecule has 0 saturated heterocycles. The number of methoxy groups -OCH3 is 10. The molecule has 1 aliphatic heterocycles. The van der Waals surface area contributed by atoms with E-state index in [1.54, 1.807) is 65.7 Å². The van der Waals surface area contributed by atoms with Crippen molar-refractivity contribution in [1.82, 2.24) is 14.7 Å². The average Bonchev–Trinajstić information content (AvgIpc) is 1.62. The SMILES string of the molecule is C=C.C=C.C=C.C=C.C=C.C=C.C=C.C=C.C=C.C=C.CN=C(N)COC.COC/C(N)=N/[N+](=O)[O-].COCC(=N)C1CC1.COCC(=N)N.COCC(=N)N.COCC(=N)N(C)C.COCC(=N)c1ccccc1.COCC(=NC#N)N(C)C.COCC(N)=NC#N.COCC1=NCCN1C. The molecule has 0 aromatic heterocycles. The summed E-state index contributed by atoms with van der Waals surface area (Å²) in [5.74, 6) is 3.50. The smallest absolute Gasteiger partial charge is 0.207 e. The third-order valence-electron chi connectivity index (χ3n) is 8.18. The Morgan fingerprint density at radius 2 is 0.892 bits per heavy atom. The van der Waals surface area contributed by atoms with E-state index in [-0.39, 0.29) is 49.8 Å². The van der Waals surface area contributed by atoms with Crippen molar-refractivity contribution in [1.29, 1.82) is 37.6 Å². The zero-order chi connectivity index (χ0) is 84.7. The van der Waals surface area contributed by atoms with Gasteiger partial charge in [0.2, 0.25) is 12.4 Å². The topological polar surface area (TPSA) is 504 Å². The molecule has 1 aromatic rings. The molecule has 2 aliphatic rings. The summed E-state index contributed by atoms with van der Waals surface area (Å²) in [6, 6.07) is 9.57. The number of nitro groups is 1. The molecule has 0 atom stereocenters. The Bertz CT molecular complexity index is 2170. The van der Waals surface area contributed by atoms with Crippen LogP contribution in [0, 0.1) is 66.0 Å². The second-order valence-corrected chi connectivity index (χ2v) is 15.9. The summed E-state index contributed by atoms with van der Waals surface area (Å²) in [6.07, 6.45) is 5.66. The van der Waals surface area contributed by atoms with Gasteiger partial charge in [-0.2, -0.15) is 20.5 Å². The largest absolute Gasteiger partial charge is 0.386 e. The van der Waals surface area contributed by atoms with Crippen molar-refractivity contribution in [3.05, 3.63) is 178 Å². The first-order valence-corrected chi connectivity index (χ1v) is 29.0. The number of rotatable bonds is 23. The fourth-order valence-electron chi connectivity index (χ4n) is 4.20. The number of benzene rings is 1. The number of aliphatic imine (C=N–C) groups is 4. The number of ether oxygens (including phenoxy) is 10. The molecule has 3 rings (SSSR count). The minimum Gasteiger partial charge on any atom is -0.386 e. The number of nitrogens with two attached hydrogens (primary N) is 5. The highest BCUT2D eigenvalue weighted by Gasteiger charge is 2.25. The second-order valence-electron chi connectivity index (χ2n) is 15.9. The maximum Gasteiger partial charge on any atom is 0.207 e. The van der Waals surface area contributed by atoms with Crippen molar-refractivity contribution in [3.63, 3.8) is 0 Å². The normalized spacial score (nSPS) is 9.90. The summed E-state index contributed by atoms with van der Waals surface area (Å²) in [4.78, 5) is 29.7. The average molecular weight is 1450 g/mol. The van der Waals surface area contributed by atoms with E-state index in [1.807, 2.05) is 65.6 Å². The van der Waals surface area contributed by atoms with Crippen molar-refractivity contribution in [2.75, 3.05) is 193 Å². The van der Waals surface area contributed by atoms with Gasteiger partial charge in [0.05, 0.1) is 30.6 Å². The van der Waals surface area contributed by atoms with Crippen LogP contribution in [0.2, 0.25) is 0 Å². The van der Waals surface area contributed by atoms with Crippen molar-refractivity contribution in [2.24, 2.45) is 59.7 Å². The predicted octanol–water partition coefficient (Wildman–Crippen LogP) is 8.42. The maximum absolute atomic E-state index is 9.57. The lowest BCUT2D eigenvalue weighted by molar-refractivity contribution is -0.485. The summed E-state index contributed by atoms with van der Waals surface area (Å²) in [5.41, 5.74) is 27.2. The highest BCUT2D eigenvalue weighted by Crippen LogP contribution is 2.29. The molecule has 1 fully saturated rings. The standard InChI is InChI=1S/C9H11NO.C6H11N3O.C6H12N2O.C6H11NO.C5H12N2O.C4H7N3O.C4H10N2O.C3H7N3O3.2C3H8N2O.10C2H4/c1-11-7-9(10)8-5-3-2-4-6-8;1-9(2)6(4-10-3)8-5-7;1-8-4-3-7-6(8)5-9-2;1-8-4-6(7)5-2-3-5;1-7(2)5(6)4-8-3;1-8-2-4(6)7-3-5;1-6-4(5)3-7-2;1-9-2-3(4)5-6(7)8;2*1-6-2-3(4)5;10*1-2/h2-6,10H,7H2,1H3;4H2,1-3H3;3-5H2,1-2H3;5,7H,2-4H2,1H3;6H,4H2,1-3H3;2H2,1H3,(H2,6,7);3H2,1-2H3,(H2,5,6);2H2,1H3,(H2,4,5);2*2H2,1H3,(H3,4,5);10*1-2H2. The number of hydrazone groups is 1. The third-order valence-corrected chi connectivity index (χ3v) is 8.18.